The Bertz CT molecular complexity index is 655. The zero-order valence-corrected chi connectivity index (χ0v) is 15.9. The second kappa shape index (κ2) is 9.03. The lowest BCUT2D eigenvalue weighted by atomic mass is 10.1. The van der Waals surface area contributed by atoms with E-state index in [1.165, 1.54) is 23.5 Å². The summed E-state index contributed by atoms with van der Waals surface area (Å²) in [6, 6.07) is 4.53. The predicted molar refractivity (Wildman–Crippen MR) is 94.9 cm³/mol. The number of hydrogen-bond acceptors (Lipinski definition) is 4. The van der Waals surface area contributed by atoms with Gasteiger partial charge in [0.05, 0.1) is 7.11 Å². The minimum absolute atomic E-state index is 0.0181. The number of rotatable bonds is 9. The summed E-state index contributed by atoms with van der Waals surface area (Å²) in [5.41, 5.74) is 0.310. The molecule has 0 unspecified atom stereocenters. The fourth-order valence-corrected chi connectivity index (χ4v) is 4.17. The van der Waals surface area contributed by atoms with Crippen LogP contribution in [0, 0.1) is 0 Å². The number of carbonyl (C=O) groups excluding carboxylic acids is 1. The Morgan fingerprint density at radius 2 is 1.88 bits per heavy atom. The van der Waals surface area contributed by atoms with Gasteiger partial charge in [0.25, 0.3) is 5.91 Å². The monoisotopic (exact) mass is 356 g/mol. The van der Waals surface area contributed by atoms with Crippen LogP contribution >= 0.6 is 0 Å². The first-order chi connectivity index (χ1) is 11.3. The van der Waals surface area contributed by atoms with Gasteiger partial charge in [-0.1, -0.05) is 27.2 Å². The highest BCUT2D eigenvalue weighted by Gasteiger charge is 2.26. The van der Waals surface area contributed by atoms with Crippen LogP contribution in [0.3, 0.4) is 0 Å². The maximum atomic E-state index is 12.8. The lowest BCUT2D eigenvalue weighted by Crippen LogP contribution is -2.33. The van der Waals surface area contributed by atoms with Crippen molar-refractivity contribution in [2.45, 2.75) is 51.5 Å². The molecule has 1 aromatic carbocycles. The molecule has 24 heavy (non-hydrogen) atoms. The summed E-state index contributed by atoms with van der Waals surface area (Å²) in [5.74, 6) is -0.0466. The molecule has 1 atom stereocenters. The molecule has 0 bridgehead atoms. The van der Waals surface area contributed by atoms with Gasteiger partial charge in [-0.15, -0.1) is 0 Å². The smallest absolute Gasteiger partial charge is 0.251 e. The van der Waals surface area contributed by atoms with Crippen molar-refractivity contribution < 1.29 is 17.9 Å². The van der Waals surface area contributed by atoms with Crippen LogP contribution in [0.25, 0.3) is 0 Å². The zero-order chi connectivity index (χ0) is 18.3. The van der Waals surface area contributed by atoms with Gasteiger partial charge in [-0.25, -0.2) is 8.42 Å². The number of sulfonamides is 1. The minimum Gasteiger partial charge on any atom is -0.495 e. The summed E-state index contributed by atoms with van der Waals surface area (Å²) in [4.78, 5) is 12.4. The highest BCUT2D eigenvalue weighted by atomic mass is 32.2. The maximum absolute atomic E-state index is 12.8. The number of methoxy groups -OCH3 is 1. The van der Waals surface area contributed by atoms with Crippen LogP contribution < -0.4 is 10.1 Å². The molecule has 1 aromatic rings. The van der Waals surface area contributed by atoms with Crippen molar-refractivity contribution in [2.75, 3.05) is 20.2 Å². The van der Waals surface area contributed by atoms with E-state index in [4.69, 9.17) is 4.74 Å². The van der Waals surface area contributed by atoms with Gasteiger partial charge in [-0.2, -0.15) is 4.31 Å². The van der Waals surface area contributed by atoms with E-state index in [-0.39, 0.29) is 22.6 Å². The fraction of sp³-hybridized carbons (Fsp3) is 0.588. The maximum Gasteiger partial charge on any atom is 0.251 e. The Hall–Kier alpha value is -1.60. The third-order valence-corrected chi connectivity index (χ3v) is 5.92. The summed E-state index contributed by atoms with van der Waals surface area (Å²) in [7, 11) is -2.29. The van der Waals surface area contributed by atoms with E-state index >= 15 is 0 Å². The molecule has 0 spiro atoms. The second-order valence-electron chi connectivity index (χ2n) is 5.62. The molecule has 0 fully saturated rings. The lowest BCUT2D eigenvalue weighted by Gasteiger charge is -2.20. The molecule has 0 saturated carbocycles. The number of nitrogens with one attached hydrogen (secondary N) is 1. The third kappa shape index (κ3) is 4.70. The second-order valence-corrected chi connectivity index (χ2v) is 7.52. The van der Waals surface area contributed by atoms with Crippen LogP contribution in [0.15, 0.2) is 23.1 Å². The van der Waals surface area contributed by atoms with Crippen molar-refractivity contribution in [2.24, 2.45) is 0 Å². The first-order valence-electron chi connectivity index (χ1n) is 8.30. The standard InChI is InChI=1S/C17H28N2O4S/c1-6-9-13(4)18-17(20)14-10-11-15(23-5)16(12-14)24(21,22)19(7-2)8-3/h10-13H,6-9H2,1-5H3,(H,18,20)/t13-/m0/s1. The first kappa shape index (κ1) is 20.4. The molecule has 0 aromatic heterocycles. The van der Waals surface area contributed by atoms with Crippen molar-refractivity contribution in [1.29, 1.82) is 0 Å². The molecule has 1 N–H and O–H groups in total. The topological polar surface area (TPSA) is 75.7 Å². The average molecular weight is 356 g/mol. The van der Waals surface area contributed by atoms with Crippen molar-refractivity contribution >= 4 is 15.9 Å². The molecule has 1 rings (SSSR count). The van der Waals surface area contributed by atoms with E-state index in [1.807, 2.05) is 13.8 Å². The van der Waals surface area contributed by atoms with Crippen LogP contribution in [0.1, 0.15) is 50.9 Å². The highest BCUT2D eigenvalue weighted by molar-refractivity contribution is 7.89. The van der Waals surface area contributed by atoms with Gasteiger partial charge in [0, 0.05) is 24.7 Å². The third-order valence-electron chi connectivity index (χ3n) is 3.85. The van der Waals surface area contributed by atoms with E-state index in [9.17, 15) is 13.2 Å². The van der Waals surface area contributed by atoms with Crippen molar-refractivity contribution in [3.05, 3.63) is 23.8 Å². The van der Waals surface area contributed by atoms with Crippen LogP contribution in [0.4, 0.5) is 0 Å². The largest absolute Gasteiger partial charge is 0.495 e. The molecule has 7 heteroatoms. The zero-order valence-electron chi connectivity index (χ0n) is 15.1. The van der Waals surface area contributed by atoms with Gasteiger partial charge in [-0.05, 0) is 31.5 Å². The van der Waals surface area contributed by atoms with Gasteiger partial charge < -0.3 is 10.1 Å². The first-order valence-corrected chi connectivity index (χ1v) is 9.74. The fourth-order valence-electron chi connectivity index (χ4n) is 2.53. The van der Waals surface area contributed by atoms with Crippen LogP contribution in [0.5, 0.6) is 5.75 Å². The molecule has 0 heterocycles. The molecule has 136 valence electrons. The van der Waals surface area contributed by atoms with Gasteiger partial charge in [-0.3, -0.25) is 4.79 Å². The van der Waals surface area contributed by atoms with Crippen molar-refractivity contribution in [3.63, 3.8) is 0 Å². The molecular formula is C17H28N2O4S. The lowest BCUT2D eigenvalue weighted by molar-refractivity contribution is 0.0938. The van der Waals surface area contributed by atoms with Gasteiger partial charge in [0.15, 0.2) is 0 Å². The summed E-state index contributed by atoms with van der Waals surface area (Å²) in [6.45, 7) is 8.23. The minimum atomic E-state index is -3.71. The summed E-state index contributed by atoms with van der Waals surface area (Å²) < 4.78 is 32.1. The quantitative estimate of drug-likeness (QED) is 0.738. The Labute approximate surface area is 145 Å². The van der Waals surface area contributed by atoms with E-state index in [0.717, 1.165) is 12.8 Å². The van der Waals surface area contributed by atoms with Gasteiger partial charge in [0.1, 0.15) is 10.6 Å². The number of ether oxygens (including phenoxy) is 1. The molecule has 6 nitrogen and oxygen atoms in total. The van der Waals surface area contributed by atoms with E-state index in [2.05, 4.69) is 5.32 Å². The van der Waals surface area contributed by atoms with E-state index < -0.39 is 10.0 Å². The van der Waals surface area contributed by atoms with E-state index in [1.54, 1.807) is 19.9 Å². The SMILES string of the molecule is CCC[C@H](C)NC(=O)c1ccc(OC)c(S(=O)(=O)N(CC)CC)c1. The Balaban J connectivity index is 3.24. The summed E-state index contributed by atoms with van der Waals surface area (Å²) in [6.07, 6.45) is 1.83. The number of hydrogen-bond donors (Lipinski definition) is 1. The highest BCUT2D eigenvalue weighted by Crippen LogP contribution is 2.28. The van der Waals surface area contributed by atoms with Crippen LogP contribution in [-0.4, -0.2) is 44.9 Å². The predicted octanol–water partition coefficient (Wildman–Crippen LogP) is 2.64. The molecule has 0 radical (unpaired) electrons. The Morgan fingerprint density at radius 1 is 1.25 bits per heavy atom. The molecule has 0 aliphatic rings. The average Bonchev–Trinajstić information content (AvgIpc) is 2.55. The summed E-state index contributed by atoms with van der Waals surface area (Å²) >= 11 is 0. The number of nitrogens with zero attached hydrogens (tertiary/aromatic N) is 1. The number of benzene rings is 1. The summed E-state index contributed by atoms with van der Waals surface area (Å²) in [5, 5.41) is 2.88. The molecular weight excluding hydrogens is 328 g/mol. The Kier molecular flexibility index (Phi) is 7.69. The number of carbonyl (C=O) groups is 1. The van der Waals surface area contributed by atoms with Crippen molar-refractivity contribution in [3.8, 4) is 5.75 Å². The van der Waals surface area contributed by atoms with Crippen molar-refractivity contribution in [1.82, 2.24) is 9.62 Å². The number of amides is 1. The van der Waals surface area contributed by atoms with Crippen LogP contribution in [-0.2, 0) is 10.0 Å². The molecule has 1 amide bonds. The van der Waals surface area contributed by atoms with E-state index in [0.29, 0.717) is 18.7 Å². The van der Waals surface area contributed by atoms with Gasteiger partial charge >= 0.3 is 0 Å². The Morgan fingerprint density at radius 3 is 2.38 bits per heavy atom. The van der Waals surface area contributed by atoms with Crippen LogP contribution in [0.2, 0.25) is 0 Å². The van der Waals surface area contributed by atoms with Gasteiger partial charge in [0.2, 0.25) is 10.0 Å². The molecule has 0 saturated heterocycles. The molecule has 0 aliphatic carbocycles. The normalized spacial score (nSPS) is 12.9. The molecule has 0 aliphatic heterocycles.